The number of benzene rings is 1. The van der Waals surface area contributed by atoms with Gasteiger partial charge in [0.2, 0.25) is 0 Å². The van der Waals surface area contributed by atoms with Crippen LogP contribution in [0, 0.1) is 13.8 Å². The van der Waals surface area contributed by atoms with E-state index in [2.05, 4.69) is 37.4 Å². The van der Waals surface area contributed by atoms with E-state index in [-0.39, 0.29) is 0 Å². The van der Waals surface area contributed by atoms with E-state index in [1.165, 1.54) is 11.1 Å². The molecule has 0 heterocycles. The van der Waals surface area contributed by atoms with Crippen molar-refractivity contribution in [3.8, 4) is 0 Å². The predicted molar refractivity (Wildman–Crippen MR) is 65.8 cm³/mol. The van der Waals surface area contributed by atoms with Gasteiger partial charge in [0.25, 0.3) is 0 Å². The molecule has 0 saturated heterocycles. The van der Waals surface area contributed by atoms with Gasteiger partial charge in [-0.1, -0.05) is 18.3 Å². The van der Waals surface area contributed by atoms with E-state index in [9.17, 15) is 0 Å². The van der Waals surface area contributed by atoms with Crippen LogP contribution in [0.3, 0.4) is 0 Å². The third kappa shape index (κ3) is 3.75. The van der Waals surface area contributed by atoms with Gasteiger partial charge in [-0.3, -0.25) is 0 Å². The molecule has 0 aromatic heterocycles. The van der Waals surface area contributed by atoms with Crippen LogP contribution in [-0.2, 0) is 0 Å². The summed E-state index contributed by atoms with van der Waals surface area (Å²) in [6.45, 7) is 4.98. The molecule has 0 aliphatic heterocycles. The largest absolute Gasteiger partial charge is 0.393 e. The minimum atomic E-state index is 0.557. The van der Waals surface area contributed by atoms with Gasteiger partial charge in [-0.05, 0) is 37.1 Å². The minimum Gasteiger partial charge on any atom is -0.393 e. The summed E-state index contributed by atoms with van der Waals surface area (Å²) in [4.78, 5) is 0.557. The average Bonchev–Trinajstić information content (AvgIpc) is 2.01. The van der Waals surface area contributed by atoms with Gasteiger partial charge in [0.05, 0.1) is 4.99 Å². The zero-order chi connectivity index (χ0) is 10.6. The summed E-state index contributed by atoms with van der Waals surface area (Å²) in [5, 5.41) is 3.29. The lowest BCUT2D eigenvalue weighted by Gasteiger charge is -2.07. The van der Waals surface area contributed by atoms with E-state index in [0.717, 1.165) is 18.7 Å². The summed E-state index contributed by atoms with van der Waals surface area (Å²) in [5.74, 6) is 0. The number of hydrogen-bond acceptors (Lipinski definition) is 2. The third-order valence-corrected chi connectivity index (χ3v) is 2.13. The number of nitrogens with one attached hydrogen (secondary N) is 1. The maximum absolute atomic E-state index is 5.41. The molecule has 76 valence electrons. The standard InChI is InChI=1S/C11H16N2S/c1-8-5-9(2)7-10(6-8)13-4-3-11(12)14/h5-7,13H,3-4H2,1-2H3,(H2,12,14). The molecule has 0 amide bonds. The Balaban J connectivity index is 2.54. The lowest BCUT2D eigenvalue weighted by atomic mass is 10.1. The predicted octanol–water partition coefficient (Wildman–Crippen LogP) is 2.39. The van der Waals surface area contributed by atoms with Gasteiger partial charge in [0.1, 0.15) is 0 Å². The highest BCUT2D eigenvalue weighted by atomic mass is 32.1. The van der Waals surface area contributed by atoms with Crippen LogP contribution < -0.4 is 11.1 Å². The van der Waals surface area contributed by atoms with Crippen molar-refractivity contribution < 1.29 is 0 Å². The van der Waals surface area contributed by atoms with Crippen molar-refractivity contribution in [2.45, 2.75) is 20.3 Å². The fraction of sp³-hybridized carbons (Fsp3) is 0.364. The summed E-state index contributed by atoms with van der Waals surface area (Å²) >= 11 is 4.80. The second-order valence-electron chi connectivity index (χ2n) is 3.52. The van der Waals surface area contributed by atoms with Crippen LogP contribution in [0.1, 0.15) is 17.5 Å². The van der Waals surface area contributed by atoms with Gasteiger partial charge in [-0.2, -0.15) is 0 Å². The number of hydrogen-bond donors (Lipinski definition) is 2. The highest BCUT2D eigenvalue weighted by molar-refractivity contribution is 7.80. The molecule has 0 fully saturated rings. The van der Waals surface area contributed by atoms with Gasteiger partial charge >= 0.3 is 0 Å². The lowest BCUT2D eigenvalue weighted by Crippen LogP contribution is -2.13. The molecule has 3 heteroatoms. The summed E-state index contributed by atoms with van der Waals surface area (Å²) < 4.78 is 0. The second kappa shape index (κ2) is 4.96. The zero-order valence-corrected chi connectivity index (χ0v) is 9.45. The highest BCUT2D eigenvalue weighted by Crippen LogP contribution is 2.13. The average molecular weight is 208 g/mol. The molecular weight excluding hydrogens is 192 g/mol. The molecule has 0 bridgehead atoms. The van der Waals surface area contributed by atoms with Crippen molar-refractivity contribution >= 4 is 22.9 Å². The quantitative estimate of drug-likeness (QED) is 0.746. The molecule has 0 radical (unpaired) electrons. The SMILES string of the molecule is Cc1cc(C)cc(NCCC(N)=S)c1. The van der Waals surface area contributed by atoms with Crippen LogP contribution in [0.2, 0.25) is 0 Å². The Hall–Kier alpha value is -1.09. The molecule has 14 heavy (non-hydrogen) atoms. The highest BCUT2D eigenvalue weighted by Gasteiger charge is 1.95. The summed E-state index contributed by atoms with van der Waals surface area (Å²) in [7, 11) is 0. The smallest absolute Gasteiger partial charge is 0.0745 e. The molecule has 0 unspecified atom stereocenters. The van der Waals surface area contributed by atoms with Crippen molar-refractivity contribution in [2.24, 2.45) is 5.73 Å². The Kier molecular flexibility index (Phi) is 3.89. The van der Waals surface area contributed by atoms with Gasteiger partial charge in [-0.15, -0.1) is 0 Å². The number of rotatable bonds is 4. The maximum atomic E-state index is 5.41. The first kappa shape index (κ1) is 11.0. The fourth-order valence-electron chi connectivity index (χ4n) is 1.41. The first-order valence-corrected chi connectivity index (χ1v) is 5.09. The Morgan fingerprint density at radius 1 is 1.29 bits per heavy atom. The van der Waals surface area contributed by atoms with E-state index in [4.69, 9.17) is 18.0 Å². The van der Waals surface area contributed by atoms with Crippen LogP contribution in [0.5, 0.6) is 0 Å². The van der Waals surface area contributed by atoms with E-state index in [0.29, 0.717) is 4.99 Å². The van der Waals surface area contributed by atoms with Crippen molar-refractivity contribution in [2.75, 3.05) is 11.9 Å². The van der Waals surface area contributed by atoms with Crippen LogP contribution in [0.25, 0.3) is 0 Å². The molecule has 0 spiro atoms. The number of thiocarbonyl (C=S) groups is 1. The molecule has 0 saturated carbocycles. The second-order valence-corrected chi connectivity index (χ2v) is 4.04. The van der Waals surface area contributed by atoms with Gasteiger partial charge in [0.15, 0.2) is 0 Å². The Bertz CT molecular complexity index is 314. The lowest BCUT2D eigenvalue weighted by molar-refractivity contribution is 1.11. The van der Waals surface area contributed by atoms with Crippen LogP contribution in [0.4, 0.5) is 5.69 Å². The third-order valence-electron chi connectivity index (χ3n) is 1.92. The normalized spacial score (nSPS) is 9.86. The van der Waals surface area contributed by atoms with Gasteiger partial charge < -0.3 is 11.1 Å². The Morgan fingerprint density at radius 2 is 1.86 bits per heavy atom. The number of aryl methyl sites for hydroxylation is 2. The van der Waals surface area contributed by atoms with E-state index in [1.54, 1.807) is 0 Å². The Morgan fingerprint density at radius 3 is 2.36 bits per heavy atom. The summed E-state index contributed by atoms with van der Waals surface area (Å²) in [6, 6.07) is 6.39. The van der Waals surface area contributed by atoms with E-state index < -0.39 is 0 Å². The van der Waals surface area contributed by atoms with Crippen molar-refractivity contribution in [1.29, 1.82) is 0 Å². The summed E-state index contributed by atoms with van der Waals surface area (Å²) in [5.41, 5.74) is 9.08. The molecule has 3 N–H and O–H groups in total. The zero-order valence-electron chi connectivity index (χ0n) is 8.63. The monoisotopic (exact) mass is 208 g/mol. The first-order chi connectivity index (χ1) is 6.58. The van der Waals surface area contributed by atoms with Crippen LogP contribution >= 0.6 is 12.2 Å². The molecule has 1 aromatic carbocycles. The van der Waals surface area contributed by atoms with Crippen LogP contribution in [-0.4, -0.2) is 11.5 Å². The van der Waals surface area contributed by atoms with E-state index >= 15 is 0 Å². The number of nitrogens with two attached hydrogens (primary N) is 1. The number of anilines is 1. The molecule has 1 aromatic rings. The fourth-order valence-corrected chi connectivity index (χ4v) is 1.51. The summed E-state index contributed by atoms with van der Waals surface area (Å²) in [6.07, 6.45) is 0.738. The topological polar surface area (TPSA) is 38.0 Å². The van der Waals surface area contributed by atoms with Crippen molar-refractivity contribution in [3.05, 3.63) is 29.3 Å². The first-order valence-electron chi connectivity index (χ1n) is 4.68. The van der Waals surface area contributed by atoms with Gasteiger partial charge in [0, 0.05) is 18.7 Å². The van der Waals surface area contributed by atoms with Crippen molar-refractivity contribution in [1.82, 2.24) is 0 Å². The van der Waals surface area contributed by atoms with Crippen molar-refractivity contribution in [3.63, 3.8) is 0 Å². The molecule has 0 aliphatic carbocycles. The molecular formula is C11H16N2S. The van der Waals surface area contributed by atoms with E-state index in [1.807, 2.05) is 0 Å². The molecule has 1 rings (SSSR count). The molecule has 2 nitrogen and oxygen atoms in total. The Labute approximate surface area is 90.5 Å². The molecule has 0 aliphatic rings. The minimum absolute atomic E-state index is 0.557. The van der Waals surface area contributed by atoms with Gasteiger partial charge in [-0.25, -0.2) is 0 Å². The van der Waals surface area contributed by atoms with Crippen LogP contribution in [0.15, 0.2) is 18.2 Å². The maximum Gasteiger partial charge on any atom is 0.0745 e. The molecule has 0 atom stereocenters.